The normalized spacial score (nSPS) is 10.7. The fraction of sp³-hybridized carbons (Fsp3) is 0.238. The molecule has 0 spiro atoms. The van der Waals surface area contributed by atoms with Crippen LogP contribution in [0.1, 0.15) is 18.4 Å². The number of hydrogen-bond acceptors (Lipinski definition) is 3. The number of amides is 1. The number of para-hydroxylation sites is 1. The number of pyridine rings is 1. The maximum Gasteiger partial charge on any atom is 0.220 e. The smallest absolute Gasteiger partial charge is 0.220 e. The van der Waals surface area contributed by atoms with E-state index in [1.54, 1.807) is 6.20 Å². The standard InChI is InChI=1S/C21H21BrN2O2/c22-18-9-2-1-6-16(18)11-12-20(25)23-14-5-15-26-19-10-3-7-17-8-4-13-24-21(17)19/h1-4,6-10,13H,5,11-12,14-15H2,(H,23,25). The highest BCUT2D eigenvalue weighted by Crippen LogP contribution is 2.22. The van der Waals surface area contributed by atoms with Crippen molar-refractivity contribution in [2.24, 2.45) is 0 Å². The van der Waals surface area contributed by atoms with Crippen LogP contribution in [0.15, 0.2) is 65.3 Å². The second-order valence-electron chi connectivity index (χ2n) is 5.97. The van der Waals surface area contributed by atoms with E-state index in [-0.39, 0.29) is 5.91 Å². The van der Waals surface area contributed by atoms with Crippen LogP contribution < -0.4 is 10.1 Å². The minimum Gasteiger partial charge on any atom is -0.491 e. The van der Waals surface area contributed by atoms with Gasteiger partial charge in [-0.25, -0.2) is 0 Å². The maximum atomic E-state index is 12.0. The molecule has 134 valence electrons. The van der Waals surface area contributed by atoms with Crippen LogP contribution in [-0.2, 0) is 11.2 Å². The number of carbonyl (C=O) groups excluding carboxylic acids is 1. The molecule has 1 heterocycles. The van der Waals surface area contributed by atoms with Gasteiger partial charge >= 0.3 is 0 Å². The molecule has 0 fully saturated rings. The molecule has 3 aromatic rings. The van der Waals surface area contributed by atoms with Crippen LogP contribution in [-0.4, -0.2) is 24.0 Å². The Bertz CT molecular complexity index is 877. The zero-order chi connectivity index (χ0) is 18.2. The van der Waals surface area contributed by atoms with E-state index in [9.17, 15) is 4.79 Å². The third kappa shape index (κ3) is 5.05. The first-order chi connectivity index (χ1) is 12.7. The molecule has 0 saturated carbocycles. The number of nitrogens with zero attached hydrogens (tertiary/aromatic N) is 1. The van der Waals surface area contributed by atoms with Crippen molar-refractivity contribution in [1.29, 1.82) is 0 Å². The third-order valence-electron chi connectivity index (χ3n) is 4.08. The van der Waals surface area contributed by atoms with Crippen molar-refractivity contribution >= 4 is 32.7 Å². The number of hydrogen-bond donors (Lipinski definition) is 1. The van der Waals surface area contributed by atoms with Gasteiger partial charge in [-0.15, -0.1) is 0 Å². The van der Waals surface area contributed by atoms with Crippen LogP contribution in [0.4, 0.5) is 0 Å². The number of halogens is 1. The van der Waals surface area contributed by atoms with Crippen molar-refractivity contribution in [3.8, 4) is 5.75 Å². The van der Waals surface area contributed by atoms with E-state index < -0.39 is 0 Å². The number of nitrogens with one attached hydrogen (secondary N) is 1. The van der Waals surface area contributed by atoms with E-state index in [0.29, 0.717) is 19.6 Å². The summed E-state index contributed by atoms with van der Waals surface area (Å²) in [5.41, 5.74) is 2.02. The number of benzene rings is 2. The van der Waals surface area contributed by atoms with Crippen molar-refractivity contribution < 1.29 is 9.53 Å². The van der Waals surface area contributed by atoms with Crippen molar-refractivity contribution in [3.05, 3.63) is 70.8 Å². The molecule has 5 heteroatoms. The Morgan fingerprint density at radius 1 is 1.08 bits per heavy atom. The molecule has 0 saturated heterocycles. The lowest BCUT2D eigenvalue weighted by molar-refractivity contribution is -0.121. The van der Waals surface area contributed by atoms with Crippen molar-refractivity contribution in [2.75, 3.05) is 13.2 Å². The number of ether oxygens (including phenoxy) is 1. The summed E-state index contributed by atoms with van der Waals surface area (Å²) in [7, 11) is 0. The molecule has 1 N–H and O–H groups in total. The van der Waals surface area contributed by atoms with Gasteiger partial charge in [-0.05, 0) is 36.6 Å². The van der Waals surface area contributed by atoms with Gasteiger partial charge in [-0.3, -0.25) is 9.78 Å². The van der Waals surface area contributed by atoms with Crippen LogP contribution in [0.2, 0.25) is 0 Å². The van der Waals surface area contributed by atoms with Gasteiger partial charge in [-0.1, -0.05) is 52.3 Å². The average molecular weight is 413 g/mol. The quantitative estimate of drug-likeness (QED) is 0.553. The van der Waals surface area contributed by atoms with Gasteiger partial charge in [0.15, 0.2) is 0 Å². The summed E-state index contributed by atoms with van der Waals surface area (Å²) in [6.07, 6.45) is 3.73. The van der Waals surface area contributed by atoms with Gasteiger partial charge in [0.05, 0.1) is 6.61 Å². The Morgan fingerprint density at radius 2 is 1.92 bits per heavy atom. The molecule has 0 aliphatic rings. The first-order valence-corrected chi connectivity index (χ1v) is 9.50. The topological polar surface area (TPSA) is 51.2 Å². The average Bonchev–Trinajstić information content (AvgIpc) is 2.67. The molecule has 0 radical (unpaired) electrons. The van der Waals surface area contributed by atoms with E-state index in [4.69, 9.17) is 4.74 Å². The molecule has 0 unspecified atom stereocenters. The molecule has 3 rings (SSSR count). The lowest BCUT2D eigenvalue weighted by Gasteiger charge is -2.09. The lowest BCUT2D eigenvalue weighted by Crippen LogP contribution is -2.25. The van der Waals surface area contributed by atoms with Gasteiger partial charge < -0.3 is 10.1 Å². The van der Waals surface area contributed by atoms with E-state index in [2.05, 4.69) is 26.2 Å². The van der Waals surface area contributed by atoms with Crippen LogP contribution >= 0.6 is 15.9 Å². The van der Waals surface area contributed by atoms with Crippen LogP contribution in [0, 0.1) is 0 Å². The molecule has 26 heavy (non-hydrogen) atoms. The second-order valence-corrected chi connectivity index (χ2v) is 6.83. The van der Waals surface area contributed by atoms with Crippen molar-refractivity contribution in [1.82, 2.24) is 10.3 Å². The largest absolute Gasteiger partial charge is 0.491 e. The van der Waals surface area contributed by atoms with E-state index in [0.717, 1.165) is 39.5 Å². The SMILES string of the molecule is O=C(CCc1ccccc1Br)NCCCOc1cccc2cccnc12. The summed E-state index contributed by atoms with van der Waals surface area (Å²) in [4.78, 5) is 16.3. The molecule has 4 nitrogen and oxygen atoms in total. The first kappa shape index (κ1) is 18.4. The van der Waals surface area contributed by atoms with Crippen molar-refractivity contribution in [2.45, 2.75) is 19.3 Å². The highest BCUT2D eigenvalue weighted by molar-refractivity contribution is 9.10. The third-order valence-corrected chi connectivity index (χ3v) is 4.85. The maximum absolute atomic E-state index is 12.0. The van der Waals surface area contributed by atoms with E-state index in [1.165, 1.54) is 0 Å². The summed E-state index contributed by atoms with van der Waals surface area (Å²) in [5.74, 6) is 0.843. The fourth-order valence-corrected chi connectivity index (χ4v) is 3.20. The summed E-state index contributed by atoms with van der Waals surface area (Å²) in [6, 6.07) is 17.8. The minimum atomic E-state index is 0.0626. The lowest BCUT2D eigenvalue weighted by atomic mass is 10.1. The van der Waals surface area contributed by atoms with Crippen LogP contribution in [0.5, 0.6) is 5.75 Å². The van der Waals surface area contributed by atoms with E-state index >= 15 is 0 Å². The molecular formula is C21H21BrN2O2. The number of aromatic nitrogens is 1. The highest BCUT2D eigenvalue weighted by Gasteiger charge is 2.05. The number of fused-ring (bicyclic) bond motifs is 1. The molecule has 0 bridgehead atoms. The van der Waals surface area contributed by atoms with Crippen LogP contribution in [0.3, 0.4) is 0 Å². The van der Waals surface area contributed by atoms with Crippen molar-refractivity contribution in [3.63, 3.8) is 0 Å². The molecule has 2 aromatic carbocycles. The second kappa shape index (κ2) is 9.34. The predicted octanol–water partition coefficient (Wildman–Crippen LogP) is 4.52. The Hall–Kier alpha value is -2.40. The zero-order valence-electron chi connectivity index (χ0n) is 14.5. The monoisotopic (exact) mass is 412 g/mol. The number of aryl methyl sites for hydroxylation is 1. The van der Waals surface area contributed by atoms with Gasteiger partial charge in [-0.2, -0.15) is 0 Å². The summed E-state index contributed by atoms with van der Waals surface area (Å²) in [6.45, 7) is 1.15. The van der Waals surface area contributed by atoms with Gasteiger partial charge in [0.25, 0.3) is 0 Å². The van der Waals surface area contributed by atoms with Gasteiger partial charge in [0, 0.05) is 29.0 Å². The molecular weight excluding hydrogens is 392 g/mol. The van der Waals surface area contributed by atoms with E-state index in [1.807, 2.05) is 54.6 Å². The molecule has 0 aliphatic carbocycles. The highest BCUT2D eigenvalue weighted by atomic mass is 79.9. The van der Waals surface area contributed by atoms with Crippen LogP contribution in [0.25, 0.3) is 10.9 Å². The Morgan fingerprint density at radius 3 is 2.81 bits per heavy atom. The van der Waals surface area contributed by atoms with Gasteiger partial charge in [0.2, 0.25) is 5.91 Å². The summed E-state index contributed by atoms with van der Waals surface area (Å²) < 4.78 is 6.87. The molecule has 1 amide bonds. The predicted molar refractivity (Wildman–Crippen MR) is 107 cm³/mol. The number of rotatable bonds is 8. The Kier molecular flexibility index (Phi) is 6.61. The van der Waals surface area contributed by atoms with Gasteiger partial charge in [0.1, 0.15) is 11.3 Å². The summed E-state index contributed by atoms with van der Waals surface area (Å²) >= 11 is 3.51. The number of carbonyl (C=O) groups is 1. The first-order valence-electron chi connectivity index (χ1n) is 8.71. The minimum absolute atomic E-state index is 0.0626. The fourth-order valence-electron chi connectivity index (χ4n) is 2.71. The Labute approximate surface area is 161 Å². The zero-order valence-corrected chi connectivity index (χ0v) is 16.0. The molecule has 0 atom stereocenters. The molecule has 1 aromatic heterocycles. The molecule has 0 aliphatic heterocycles. The Balaban J connectivity index is 1.37. The summed E-state index contributed by atoms with van der Waals surface area (Å²) in [5, 5.41) is 4.01.